The summed E-state index contributed by atoms with van der Waals surface area (Å²) in [5.74, 6) is -0.438. The van der Waals surface area contributed by atoms with Crippen molar-refractivity contribution in [3.63, 3.8) is 0 Å². The van der Waals surface area contributed by atoms with Gasteiger partial charge in [-0.2, -0.15) is 0 Å². The Labute approximate surface area is 363 Å². The van der Waals surface area contributed by atoms with Gasteiger partial charge in [-0.3, -0.25) is 19.8 Å². The van der Waals surface area contributed by atoms with Crippen molar-refractivity contribution in [1.82, 2.24) is 14.5 Å². The van der Waals surface area contributed by atoms with Crippen LogP contribution in [0.4, 0.5) is 21.5 Å². The van der Waals surface area contributed by atoms with Gasteiger partial charge in [0.05, 0.1) is 15.4 Å². The van der Waals surface area contributed by atoms with Gasteiger partial charge in [-0.15, -0.1) is 0 Å². The predicted octanol–water partition coefficient (Wildman–Crippen LogP) is 8.90. The maximum atomic E-state index is 14.0. The molecule has 8 rings (SSSR count). The van der Waals surface area contributed by atoms with E-state index in [1.54, 1.807) is 18.2 Å². The number of rotatable bonds is 15. The Bertz CT molecular complexity index is 2490. The molecule has 4 aliphatic rings. The van der Waals surface area contributed by atoms with E-state index in [9.17, 15) is 27.7 Å². The number of fused-ring (bicyclic) bond motifs is 1. The van der Waals surface area contributed by atoms with Crippen LogP contribution in [0.5, 0.6) is 11.5 Å². The highest BCUT2D eigenvalue weighted by Crippen LogP contribution is 2.43. The van der Waals surface area contributed by atoms with Crippen LogP contribution in [0.1, 0.15) is 79.4 Å². The van der Waals surface area contributed by atoms with Crippen LogP contribution in [0.3, 0.4) is 0 Å². The van der Waals surface area contributed by atoms with Crippen molar-refractivity contribution in [2.45, 2.75) is 63.7 Å². The van der Waals surface area contributed by atoms with Crippen molar-refractivity contribution in [3.05, 3.63) is 129 Å². The molecule has 2 saturated heterocycles. The molecule has 0 spiro atoms. The molecule has 14 heteroatoms. The first-order chi connectivity index (χ1) is 29.8. The van der Waals surface area contributed by atoms with Crippen molar-refractivity contribution in [2.75, 3.05) is 69.1 Å². The number of allylic oxidation sites excluding steroid dienone is 2. The maximum absolute atomic E-state index is 14.0. The van der Waals surface area contributed by atoms with Gasteiger partial charge in [-0.25, -0.2) is 17.5 Å². The minimum Gasteiger partial charge on any atom is -0.456 e. The van der Waals surface area contributed by atoms with Crippen LogP contribution in [0, 0.1) is 21.3 Å². The zero-order valence-electron chi connectivity index (χ0n) is 35.5. The number of anilines is 2. The summed E-state index contributed by atoms with van der Waals surface area (Å²) >= 11 is 0. The lowest BCUT2D eigenvalue weighted by Gasteiger charge is -2.39. The summed E-state index contributed by atoms with van der Waals surface area (Å²) in [6.45, 7) is 12.0. The van der Waals surface area contributed by atoms with Gasteiger partial charge in [0, 0.05) is 62.7 Å². The van der Waals surface area contributed by atoms with Gasteiger partial charge in [-0.1, -0.05) is 55.8 Å². The number of amides is 1. The Morgan fingerprint density at radius 3 is 2.45 bits per heavy atom. The molecule has 62 heavy (non-hydrogen) atoms. The number of nitrogens with zero attached hydrogens (tertiary/aromatic N) is 4. The van der Waals surface area contributed by atoms with Gasteiger partial charge in [0.1, 0.15) is 23.0 Å². The molecule has 0 unspecified atom stereocenters. The number of nitro benzene ring substituents is 1. The molecule has 326 valence electrons. The van der Waals surface area contributed by atoms with E-state index >= 15 is 0 Å². The number of benzene rings is 4. The Morgan fingerprint density at radius 1 is 0.919 bits per heavy atom. The SMILES string of the molecule is CC1(C)CCC(CN2CCN(c3ccc(C(=O)NS(=O)(=O)c4ccc(NCCCN5CCCC5)c([N+](=O)[O-])c4)c(Oc4cccc5c4C=CC5)c3)CC2)=C(c2ccc(F)cc2)C1. The standard InChI is InChI=1S/C48H55FN6O6S/c1-48(2)21-20-36(42(32-48)35-12-14-37(49)15-13-35)33-53-26-28-54(29-27-53)38-16-18-41(46(30-38)61-45-11-6-9-34-8-5-10-40(34)45)47(56)51-62(59,60)39-17-19-43(44(31-39)55(57)58)50-22-7-25-52-23-3-4-24-52/h5-6,9-19,30-31,50H,3-4,7-8,20-29,32-33H2,1-2H3,(H,51,56). The van der Waals surface area contributed by atoms with E-state index in [0.717, 1.165) is 113 Å². The molecule has 2 aliphatic carbocycles. The third kappa shape index (κ3) is 10.0. The van der Waals surface area contributed by atoms with Crippen molar-refractivity contribution in [1.29, 1.82) is 0 Å². The summed E-state index contributed by atoms with van der Waals surface area (Å²) < 4.78 is 49.9. The average Bonchev–Trinajstić information content (AvgIpc) is 3.97. The molecule has 0 bridgehead atoms. The Hall–Kier alpha value is -5.57. The molecular weight excluding hydrogens is 808 g/mol. The number of hydrogen-bond acceptors (Lipinski definition) is 10. The number of carbonyl (C=O) groups excluding carboxylic acids is 1. The van der Waals surface area contributed by atoms with E-state index in [1.807, 2.05) is 42.5 Å². The van der Waals surface area contributed by atoms with Crippen molar-refractivity contribution in [3.8, 4) is 11.5 Å². The molecule has 2 aliphatic heterocycles. The zero-order valence-corrected chi connectivity index (χ0v) is 36.3. The average molecular weight is 863 g/mol. The van der Waals surface area contributed by atoms with Gasteiger partial charge in [0.2, 0.25) is 0 Å². The molecule has 12 nitrogen and oxygen atoms in total. The van der Waals surface area contributed by atoms with Crippen LogP contribution in [0.2, 0.25) is 0 Å². The molecule has 4 aromatic carbocycles. The van der Waals surface area contributed by atoms with E-state index in [4.69, 9.17) is 4.74 Å². The Kier molecular flexibility index (Phi) is 12.8. The fourth-order valence-corrected chi connectivity index (χ4v) is 10.1. The largest absolute Gasteiger partial charge is 0.456 e. The topological polar surface area (TPSA) is 137 Å². The van der Waals surface area contributed by atoms with Crippen molar-refractivity contribution in [2.24, 2.45) is 5.41 Å². The lowest BCUT2D eigenvalue weighted by Crippen LogP contribution is -2.47. The van der Waals surface area contributed by atoms with E-state index in [0.29, 0.717) is 12.3 Å². The summed E-state index contributed by atoms with van der Waals surface area (Å²) in [7, 11) is -4.54. The summed E-state index contributed by atoms with van der Waals surface area (Å²) in [6.07, 6.45) is 10.9. The fraction of sp³-hybridized carbons (Fsp3) is 0.396. The van der Waals surface area contributed by atoms with Gasteiger partial charge >= 0.3 is 0 Å². The minimum atomic E-state index is -4.54. The number of ether oxygens (including phenoxy) is 1. The molecule has 0 radical (unpaired) electrons. The molecule has 2 fully saturated rings. The lowest BCUT2D eigenvalue weighted by molar-refractivity contribution is -0.384. The maximum Gasteiger partial charge on any atom is 0.293 e. The first-order valence-electron chi connectivity index (χ1n) is 21.7. The van der Waals surface area contributed by atoms with Crippen LogP contribution in [0.25, 0.3) is 11.6 Å². The number of piperazine rings is 1. The van der Waals surface area contributed by atoms with E-state index < -0.39 is 31.4 Å². The predicted molar refractivity (Wildman–Crippen MR) is 242 cm³/mol. The third-order valence-electron chi connectivity index (χ3n) is 12.6. The number of likely N-dealkylation sites (tertiary alicyclic amines) is 1. The second-order valence-corrected chi connectivity index (χ2v) is 19.3. The van der Waals surface area contributed by atoms with Crippen molar-refractivity contribution < 1.29 is 27.3 Å². The van der Waals surface area contributed by atoms with Crippen LogP contribution in [-0.2, 0) is 16.4 Å². The quantitative estimate of drug-likeness (QED) is 0.0678. The molecule has 0 saturated carbocycles. The number of sulfonamides is 1. The normalized spacial score (nSPS) is 17.9. The molecule has 2 heterocycles. The molecule has 2 N–H and O–H groups in total. The minimum absolute atomic E-state index is 0.00168. The lowest BCUT2D eigenvalue weighted by atomic mass is 9.72. The van der Waals surface area contributed by atoms with Crippen LogP contribution in [0.15, 0.2) is 95.4 Å². The second-order valence-electron chi connectivity index (χ2n) is 17.6. The highest BCUT2D eigenvalue weighted by Gasteiger charge is 2.31. The summed E-state index contributed by atoms with van der Waals surface area (Å²) in [5.41, 5.74) is 6.59. The van der Waals surface area contributed by atoms with Crippen molar-refractivity contribution >= 4 is 44.6 Å². The highest BCUT2D eigenvalue weighted by molar-refractivity contribution is 7.90. The fourth-order valence-electron chi connectivity index (χ4n) is 9.09. The molecule has 1 amide bonds. The number of halogens is 1. The van der Waals surface area contributed by atoms with Crippen LogP contribution in [-0.4, -0.2) is 88.0 Å². The van der Waals surface area contributed by atoms with E-state index in [1.165, 1.54) is 48.3 Å². The zero-order chi connectivity index (χ0) is 43.4. The first-order valence-corrected chi connectivity index (χ1v) is 23.2. The van der Waals surface area contributed by atoms with Crippen LogP contribution >= 0.6 is 0 Å². The first kappa shape index (κ1) is 43.1. The number of nitrogens with one attached hydrogen (secondary N) is 2. The number of nitro groups is 1. The third-order valence-corrected chi connectivity index (χ3v) is 13.9. The number of hydrogen-bond donors (Lipinski definition) is 2. The molecule has 0 atom stereocenters. The van der Waals surface area contributed by atoms with Crippen LogP contribution < -0.4 is 19.7 Å². The molecule has 0 aromatic heterocycles. The summed E-state index contributed by atoms with van der Waals surface area (Å²) in [6, 6.07) is 21.3. The second kappa shape index (κ2) is 18.4. The molecular formula is C48H55FN6O6S. The van der Waals surface area contributed by atoms with Gasteiger partial charge < -0.3 is 19.9 Å². The van der Waals surface area contributed by atoms with E-state index in [-0.39, 0.29) is 28.2 Å². The van der Waals surface area contributed by atoms with Gasteiger partial charge in [0.25, 0.3) is 21.6 Å². The Morgan fingerprint density at radius 2 is 1.69 bits per heavy atom. The molecule has 4 aromatic rings. The summed E-state index contributed by atoms with van der Waals surface area (Å²) in [5, 5.41) is 15.2. The van der Waals surface area contributed by atoms with Gasteiger partial charge in [-0.05, 0) is 129 Å². The monoisotopic (exact) mass is 862 g/mol. The summed E-state index contributed by atoms with van der Waals surface area (Å²) in [4.78, 5) is 32.1. The smallest absolute Gasteiger partial charge is 0.293 e. The van der Waals surface area contributed by atoms with E-state index in [2.05, 4.69) is 38.6 Å². The Balaban J connectivity index is 0.990. The van der Waals surface area contributed by atoms with Gasteiger partial charge in [0.15, 0.2) is 0 Å². The number of carbonyl (C=O) groups is 1. The highest BCUT2D eigenvalue weighted by atomic mass is 32.2.